The zero-order valence-corrected chi connectivity index (χ0v) is 8.60. The van der Waals surface area contributed by atoms with Crippen molar-refractivity contribution in [1.82, 2.24) is 9.97 Å². The highest BCUT2D eigenvalue weighted by Crippen LogP contribution is 2.38. The molecule has 0 aliphatic heterocycles. The van der Waals surface area contributed by atoms with Crippen LogP contribution >= 0.6 is 0 Å². The van der Waals surface area contributed by atoms with Crippen LogP contribution in [0.15, 0.2) is 6.20 Å². The van der Waals surface area contributed by atoms with Crippen LogP contribution in [0.3, 0.4) is 0 Å². The van der Waals surface area contributed by atoms with E-state index < -0.39 is 17.6 Å². The number of alkyl halides is 3. The fourth-order valence-corrected chi connectivity index (χ4v) is 1.26. The van der Waals surface area contributed by atoms with Crippen LogP contribution in [-0.2, 0) is 6.18 Å². The van der Waals surface area contributed by atoms with Crippen LogP contribution in [0.5, 0.6) is 0 Å². The second-order valence-corrected chi connectivity index (χ2v) is 4.18. The summed E-state index contributed by atoms with van der Waals surface area (Å²) in [5.74, 6) is -0.403. The Morgan fingerprint density at radius 3 is 2.50 bits per heavy atom. The molecule has 1 aromatic heterocycles. The molecule has 16 heavy (non-hydrogen) atoms. The first-order chi connectivity index (χ1) is 7.30. The van der Waals surface area contributed by atoms with Crippen LogP contribution < -0.4 is 11.1 Å². The van der Waals surface area contributed by atoms with Crippen molar-refractivity contribution in [3.05, 3.63) is 11.8 Å². The predicted octanol–water partition coefficient (Wildman–Crippen LogP) is 2.04. The van der Waals surface area contributed by atoms with Gasteiger partial charge < -0.3 is 11.1 Å². The Kier molecular flexibility index (Phi) is 2.21. The van der Waals surface area contributed by atoms with Crippen LogP contribution in [0.25, 0.3) is 0 Å². The van der Waals surface area contributed by atoms with Gasteiger partial charge in [-0.1, -0.05) is 0 Å². The van der Waals surface area contributed by atoms with E-state index in [9.17, 15) is 13.2 Å². The highest BCUT2D eigenvalue weighted by molar-refractivity contribution is 5.46. The average molecular weight is 232 g/mol. The number of anilines is 2. The second-order valence-electron chi connectivity index (χ2n) is 4.18. The van der Waals surface area contributed by atoms with Crippen molar-refractivity contribution in [3.63, 3.8) is 0 Å². The Morgan fingerprint density at radius 1 is 1.44 bits per heavy atom. The lowest BCUT2D eigenvalue weighted by Crippen LogP contribution is -2.20. The standard InChI is InChI=1S/C9H11F3N4/c1-8(2-3-8)16-7-14-4-5(6(13)15-7)9(10,11)12/h4H,2-3H2,1H3,(H3,13,14,15,16). The first-order valence-corrected chi connectivity index (χ1v) is 4.78. The Balaban J connectivity index is 2.22. The van der Waals surface area contributed by atoms with Crippen molar-refractivity contribution in [2.75, 3.05) is 11.1 Å². The van der Waals surface area contributed by atoms with Crippen LogP contribution in [0.4, 0.5) is 24.9 Å². The fraction of sp³-hybridized carbons (Fsp3) is 0.556. The van der Waals surface area contributed by atoms with E-state index in [4.69, 9.17) is 5.73 Å². The molecule has 0 radical (unpaired) electrons. The van der Waals surface area contributed by atoms with Gasteiger partial charge in [-0.15, -0.1) is 0 Å². The van der Waals surface area contributed by atoms with Gasteiger partial charge >= 0.3 is 6.18 Å². The topological polar surface area (TPSA) is 63.8 Å². The highest BCUT2D eigenvalue weighted by atomic mass is 19.4. The number of hydrogen-bond acceptors (Lipinski definition) is 4. The third-order valence-corrected chi connectivity index (χ3v) is 2.54. The summed E-state index contributed by atoms with van der Waals surface area (Å²) in [7, 11) is 0. The molecule has 0 aromatic carbocycles. The van der Waals surface area contributed by atoms with Gasteiger partial charge in [0, 0.05) is 11.7 Å². The van der Waals surface area contributed by atoms with E-state index in [0.29, 0.717) is 6.20 Å². The molecule has 88 valence electrons. The molecule has 0 unspecified atom stereocenters. The third kappa shape index (κ3) is 2.17. The van der Waals surface area contributed by atoms with Crippen molar-refractivity contribution >= 4 is 11.8 Å². The summed E-state index contributed by atoms with van der Waals surface area (Å²) in [6.45, 7) is 1.95. The van der Waals surface area contributed by atoms with Gasteiger partial charge in [0.05, 0.1) is 0 Å². The molecular weight excluding hydrogens is 221 g/mol. The first-order valence-electron chi connectivity index (χ1n) is 4.78. The minimum absolute atomic E-state index is 0.0911. The SMILES string of the molecule is CC1(Nc2ncc(C(F)(F)F)c(N)n2)CC1. The first kappa shape index (κ1) is 11.0. The minimum Gasteiger partial charge on any atom is -0.383 e. The zero-order chi connectivity index (χ0) is 12.0. The van der Waals surface area contributed by atoms with Crippen molar-refractivity contribution in [2.24, 2.45) is 0 Å². The lowest BCUT2D eigenvalue weighted by Gasteiger charge is -2.13. The molecule has 0 bridgehead atoms. The molecule has 1 aromatic rings. The lowest BCUT2D eigenvalue weighted by molar-refractivity contribution is -0.137. The molecule has 1 aliphatic carbocycles. The van der Waals surface area contributed by atoms with E-state index in [-0.39, 0.29) is 11.5 Å². The van der Waals surface area contributed by atoms with Gasteiger partial charge in [0.2, 0.25) is 5.95 Å². The molecule has 0 amide bonds. The van der Waals surface area contributed by atoms with Gasteiger partial charge in [-0.3, -0.25) is 0 Å². The van der Waals surface area contributed by atoms with Crippen molar-refractivity contribution in [3.8, 4) is 0 Å². The summed E-state index contributed by atoms with van der Waals surface area (Å²) >= 11 is 0. The Labute approximate surface area is 90.1 Å². The maximum Gasteiger partial charge on any atom is 0.421 e. The van der Waals surface area contributed by atoms with Crippen LogP contribution in [0.2, 0.25) is 0 Å². The van der Waals surface area contributed by atoms with E-state index >= 15 is 0 Å². The highest BCUT2D eigenvalue weighted by Gasteiger charge is 2.39. The van der Waals surface area contributed by atoms with E-state index in [0.717, 1.165) is 12.8 Å². The average Bonchev–Trinajstić information content (AvgIpc) is 2.80. The Hall–Kier alpha value is -1.53. The molecule has 1 saturated carbocycles. The van der Waals surface area contributed by atoms with Gasteiger partial charge in [0.1, 0.15) is 11.4 Å². The molecule has 1 heterocycles. The quantitative estimate of drug-likeness (QED) is 0.819. The molecular formula is C9H11F3N4. The monoisotopic (exact) mass is 232 g/mol. The molecule has 4 nitrogen and oxygen atoms in total. The van der Waals surface area contributed by atoms with Gasteiger partial charge in [-0.25, -0.2) is 4.98 Å². The normalized spacial score (nSPS) is 18.2. The molecule has 0 atom stereocenters. The molecule has 1 fully saturated rings. The minimum atomic E-state index is -4.51. The van der Waals surface area contributed by atoms with E-state index in [2.05, 4.69) is 15.3 Å². The maximum absolute atomic E-state index is 12.4. The number of aromatic nitrogens is 2. The zero-order valence-electron chi connectivity index (χ0n) is 8.60. The number of nitrogen functional groups attached to an aromatic ring is 1. The number of halogens is 3. The summed E-state index contributed by atoms with van der Waals surface area (Å²) in [6, 6.07) is 0. The van der Waals surface area contributed by atoms with E-state index in [1.807, 2.05) is 6.92 Å². The molecule has 2 rings (SSSR count). The molecule has 1 aliphatic rings. The number of rotatable bonds is 2. The van der Waals surface area contributed by atoms with Crippen LogP contribution in [0.1, 0.15) is 25.3 Å². The Morgan fingerprint density at radius 2 is 2.06 bits per heavy atom. The number of nitrogens with one attached hydrogen (secondary N) is 1. The fourth-order valence-electron chi connectivity index (χ4n) is 1.26. The predicted molar refractivity (Wildman–Crippen MR) is 52.7 cm³/mol. The van der Waals surface area contributed by atoms with Gasteiger partial charge in [-0.2, -0.15) is 18.2 Å². The molecule has 7 heteroatoms. The van der Waals surface area contributed by atoms with Crippen molar-refractivity contribution in [1.29, 1.82) is 0 Å². The Bertz CT molecular complexity index is 412. The van der Waals surface area contributed by atoms with E-state index in [1.54, 1.807) is 0 Å². The number of nitrogens with two attached hydrogens (primary N) is 1. The smallest absolute Gasteiger partial charge is 0.383 e. The molecule has 0 saturated heterocycles. The number of nitrogens with zero attached hydrogens (tertiary/aromatic N) is 2. The summed E-state index contributed by atoms with van der Waals surface area (Å²) in [6.07, 6.45) is -1.89. The van der Waals surface area contributed by atoms with Crippen LogP contribution in [0, 0.1) is 0 Å². The number of hydrogen-bond donors (Lipinski definition) is 2. The second kappa shape index (κ2) is 3.23. The van der Waals surface area contributed by atoms with Crippen molar-refractivity contribution in [2.45, 2.75) is 31.5 Å². The van der Waals surface area contributed by atoms with E-state index in [1.165, 1.54) is 0 Å². The molecule has 0 spiro atoms. The largest absolute Gasteiger partial charge is 0.421 e. The molecule has 3 N–H and O–H groups in total. The summed E-state index contributed by atoms with van der Waals surface area (Å²) in [4.78, 5) is 7.21. The van der Waals surface area contributed by atoms with Crippen molar-refractivity contribution < 1.29 is 13.2 Å². The maximum atomic E-state index is 12.4. The summed E-state index contributed by atoms with van der Waals surface area (Å²) < 4.78 is 37.1. The summed E-state index contributed by atoms with van der Waals surface area (Å²) in [5, 5.41) is 2.94. The lowest BCUT2D eigenvalue weighted by atomic mass is 10.3. The van der Waals surface area contributed by atoms with Gasteiger partial charge in [0.15, 0.2) is 0 Å². The van der Waals surface area contributed by atoms with Crippen LogP contribution in [-0.4, -0.2) is 15.5 Å². The van der Waals surface area contributed by atoms with Gasteiger partial charge in [0.25, 0.3) is 0 Å². The van der Waals surface area contributed by atoms with Gasteiger partial charge in [-0.05, 0) is 19.8 Å². The third-order valence-electron chi connectivity index (χ3n) is 2.54. The summed E-state index contributed by atoms with van der Waals surface area (Å²) in [5.41, 5.74) is 4.14.